The van der Waals surface area contributed by atoms with Crippen molar-refractivity contribution in [3.63, 3.8) is 0 Å². The minimum Gasteiger partial charge on any atom is -0.396 e. The number of hydrogen-bond acceptors (Lipinski definition) is 4. The molecule has 0 aromatic carbocycles. The van der Waals surface area contributed by atoms with Crippen molar-refractivity contribution < 1.29 is 4.74 Å². The van der Waals surface area contributed by atoms with Crippen LogP contribution in [0.5, 0.6) is 0 Å². The lowest BCUT2D eigenvalue weighted by Crippen LogP contribution is -2.23. The van der Waals surface area contributed by atoms with Crippen LogP contribution in [0.3, 0.4) is 0 Å². The molecule has 0 aliphatic carbocycles. The van der Waals surface area contributed by atoms with Crippen LogP contribution < -0.4 is 11.1 Å². The first-order chi connectivity index (χ1) is 7.13. The maximum absolute atomic E-state index is 5.80. The highest BCUT2D eigenvalue weighted by Gasteiger charge is 2.05. The van der Waals surface area contributed by atoms with Crippen molar-refractivity contribution in [3.05, 3.63) is 17.8 Å². The van der Waals surface area contributed by atoms with E-state index in [2.05, 4.69) is 10.3 Å². The molecule has 0 fully saturated rings. The number of nitrogens with one attached hydrogen (secondary N) is 1. The summed E-state index contributed by atoms with van der Waals surface area (Å²) in [6.07, 6.45) is 0. The van der Waals surface area contributed by atoms with Crippen molar-refractivity contribution in [3.8, 4) is 0 Å². The summed E-state index contributed by atoms with van der Waals surface area (Å²) in [6, 6.07) is 3.97. The number of pyridine rings is 1. The molecule has 3 N–H and O–H groups in total. The second-order valence-electron chi connectivity index (χ2n) is 3.60. The summed E-state index contributed by atoms with van der Waals surface area (Å²) < 4.78 is 5.31. The Morgan fingerprint density at radius 1 is 1.53 bits per heavy atom. The fraction of sp³-hybridized carbons (Fsp3) is 0.545. The lowest BCUT2D eigenvalue weighted by molar-refractivity contribution is 0.141. The molecule has 0 saturated carbocycles. The lowest BCUT2D eigenvalue weighted by atomic mass is 10.3. The first-order valence-electron chi connectivity index (χ1n) is 5.21. The monoisotopic (exact) mass is 209 g/mol. The van der Waals surface area contributed by atoms with Gasteiger partial charge in [-0.3, -0.25) is 0 Å². The van der Waals surface area contributed by atoms with Gasteiger partial charge < -0.3 is 15.8 Å². The molecule has 1 unspecified atom stereocenters. The quantitative estimate of drug-likeness (QED) is 0.776. The van der Waals surface area contributed by atoms with Crippen LogP contribution in [0.4, 0.5) is 11.5 Å². The molecule has 0 bridgehead atoms. The third kappa shape index (κ3) is 3.75. The lowest BCUT2D eigenvalue weighted by Gasteiger charge is -2.15. The van der Waals surface area contributed by atoms with E-state index in [0.717, 1.165) is 18.1 Å². The number of ether oxygens (including phenoxy) is 1. The molecule has 0 spiro atoms. The number of anilines is 2. The van der Waals surface area contributed by atoms with E-state index in [1.165, 1.54) is 0 Å². The topological polar surface area (TPSA) is 60.2 Å². The Morgan fingerprint density at radius 3 is 2.93 bits per heavy atom. The molecule has 0 saturated heterocycles. The average molecular weight is 209 g/mol. The Hall–Kier alpha value is -1.29. The largest absolute Gasteiger partial charge is 0.396 e. The summed E-state index contributed by atoms with van der Waals surface area (Å²) >= 11 is 0. The first kappa shape index (κ1) is 11.8. The zero-order chi connectivity index (χ0) is 11.3. The van der Waals surface area contributed by atoms with E-state index in [4.69, 9.17) is 10.5 Å². The van der Waals surface area contributed by atoms with Crippen LogP contribution in [0.15, 0.2) is 12.1 Å². The van der Waals surface area contributed by atoms with Crippen molar-refractivity contribution in [1.82, 2.24) is 4.98 Å². The summed E-state index contributed by atoms with van der Waals surface area (Å²) in [4.78, 5) is 4.33. The Labute approximate surface area is 90.8 Å². The van der Waals surface area contributed by atoms with Crippen molar-refractivity contribution in [1.29, 1.82) is 0 Å². The van der Waals surface area contributed by atoms with E-state index < -0.39 is 0 Å². The van der Waals surface area contributed by atoms with Crippen LogP contribution in [0.1, 0.15) is 19.5 Å². The van der Waals surface area contributed by atoms with Gasteiger partial charge in [0.25, 0.3) is 0 Å². The molecular weight excluding hydrogens is 190 g/mol. The van der Waals surface area contributed by atoms with E-state index in [1.54, 1.807) is 0 Å². The van der Waals surface area contributed by atoms with Crippen molar-refractivity contribution in [2.24, 2.45) is 0 Å². The van der Waals surface area contributed by atoms with Gasteiger partial charge in [-0.25, -0.2) is 4.98 Å². The second-order valence-corrected chi connectivity index (χ2v) is 3.60. The highest BCUT2D eigenvalue weighted by Crippen LogP contribution is 2.16. The van der Waals surface area contributed by atoms with Gasteiger partial charge in [0.2, 0.25) is 0 Å². The zero-order valence-electron chi connectivity index (χ0n) is 9.58. The van der Waals surface area contributed by atoms with Gasteiger partial charge >= 0.3 is 0 Å². The minimum absolute atomic E-state index is 0.210. The van der Waals surface area contributed by atoms with Crippen molar-refractivity contribution >= 4 is 11.5 Å². The van der Waals surface area contributed by atoms with Crippen LogP contribution in [-0.2, 0) is 4.74 Å². The fourth-order valence-corrected chi connectivity index (χ4v) is 1.25. The predicted octanol–water partition coefficient (Wildman–Crippen LogP) is 1.81. The highest BCUT2D eigenvalue weighted by molar-refractivity contribution is 5.61. The molecule has 0 radical (unpaired) electrons. The van der Waals surface area contributed by atoms with Gasteiger partial charge in [-0.05, 0) is 32.9 Å². The third-order valence-corrected chi connectivity index (χ3v) is 2.02. The van der Waals surface area contributed by atoms with E-state index in [9.17, 15) is 0 Å². The van der Waals surface area contributed by atoms with Crippen molar-refractivity contribution in [2.45, 2.75) is 26.8 Å². The summed E-state index contributed by atoms with van der Waals surface area (Å²) in [5.41, 5.74) is 7.42. The molecule has 1 heterocycles. The normalized spacial score (nSPS) is 12.5. The Bertz CT molecular complexity index is 315. The van der Waals surface area contributed by atoms with Gasteiger partial charge in [0, 0.05) is 18.3 Å². The van der Waals surface area contributed by atoms with Gasteiger partial charge in [-0.1, -0.05) is 0 Å². The molecule has 4 heteroatoms. The van der Waals surface area contributed by atoms with Gasteiger partial charge in [-0.15, -0.1) is 0 Å². The summed E-state index contributed by atoms with van der Waals surface area (Å²) in [5.74, 6) is 0.738. The van der Waals surface area contributed by atoms with Gasteiger partial charge in [0.05, 0.1) is 12.3 Å². The molecule has 1 atom stereocenters. The molecule has 1 rings (SSSR count). The molecule has 4 nitrogen and oxygen atoms in total. The van der Waals surface area contributed by atoms with Crippen LogP contribution in [0.2, 0.25) is 0 Å². The number of nitrogens with zero attached hydrogens (tertiary/aromatic N) is 1. The van der Waals surface area contributed by atoms with Crippen LogP contribution >= 0.6 is 0 Å². The van der Waals surface area contributed by atoms with E-state index >= 15 is 0 Å². The standard InChI is InChI=1S/C11H19N3O/c1-4-15-7-9(3)14-11-10(12)6-5-8(2)13-11/h5-6,9H,4,7,12H2,1-3H3,(H,13,14). The molecule has 84 valence electrons. The highest BCUT2D eigenvalue weighted by atomic mass is 16.5. The number of aromatic nitrogens is 1. The molecule has 0 aliphatic rings. The Kier molecular flexibility index (Phi) is 4.37. The van der Waals surface area contributed by atoms with Gasteiger partial charge in [-0.2, -0.15) is 0 Å². The summed E-state index contributed by atoms with van der Waals surface area (Å²) in [6.45, 7) is 7.34. The molecule has 1 aromatic heterocycles. The Balaban J connectivity index is 2.59. The van der Waals surface area contributed by atoms with E-state index in [-0.39, 0.29) is 6.04 Å². The fourth-order valence-electron chi connectivity index (χ4n) is 1.25. The molecule has 15 heavy (non-hydrogen) atoms. The van der Waals surface area contributed by atoms with Crippen LogP contribution in [0, 0.1) is 6.92 Å². The maximum atomic E-state index is 5.80. The van der Waals surface area contributed by atoms with Crippen LogP contribution in [0.25, 0.3) is 0 Å². The second kappa shape index (κ2) is 5.56. The first-order valence-corrected chi connectivity index (χ1v) is 5.21. The Morgan fingerprint density at radius 2 is 2.27 bits per heavy atom. The number of rotatable bonds is 5. The average Bonchev–Trinajstić information content (AvgIpc) is 2.20. The van der Waals surface area contributed by atoms with E-state index in [1.807, 2.05) is 32.9 Å². The molecule has 0 amide bonds. The van der Waals surface area contributed by atoms with Crippen molar-refractivity contribution in [2.75, 3.05) is 24.3 Å². The predicted molar refractivity (Wildman–Crippen MR) is 63.0 cm³/mol. The third-order valence-electron chi connectivity index (χ3n) is 2.02. The molecule has 0 aliphatic heterocycles. The molecule has 1 aromatic rings. The number of aryl methyl sites for hydroxylation is 1. The molecular formula is C11H19N3O. The zero-order valence-corrected chi connectivity index (χ0v) is 9.58. The minimum atomic E-state index is 0.210. The van der Waals surface area contributed by atoms with Gasteiger partial charge in [0.1, 0.15) is 5.82 Å². The van der Waals surface area contributed by atoms with E-state index in [0.29, 0.717) is 12.3 Å². The maximum Gasteiger partial charge on any atom is 0.149 e. The number of nitrogens with two attached hydrogens (primary N) is 1. The number of nitrogen functional groups attached to an aromatic ring is 1. The SMILES string of the molecule is CCOCC(C)Nc1nc(C)ccc1N. The number of hydrogen-bond donors (Lipinski definition) is 2. The summed E-state index contributed by atoms with van der Waals surface area (Å²) in [7, 11) is 0. The van der Waals surface area contributed by atoms with Gasteiger partial charge in [0.15, 0.2) is 0 Å². The summed E-state index contributed by atoms with van der Waals surface area (Å²) in [5, 5.41) is 3.22. The van der Waals surface area contributed by atoms with Crippen LogP contribution in [-0.4, -0.2) is 24.2 Å². The smallest absolute Gasteiger partial charge is 0.149 e.